The van der Waals surface area contributed by atoms with Crippen molar-refractivity contribution in [2.45, 2.75) is 32.2 Å². The number of hydrogen-bond donors (Lipinski definition) is 2. The highest BCUT2D eigenvalue weighted by Crippen LogP contribution is 2.10. The number of rotatable bonds is 8. The third-order valence-corrected chi connectivity index (χ3v) is 4.32. The van der Waals surface area contributed by atoms with E-state index in [2.05, 4.69) is 22.5 Å². The number of hydrogen-bond acceptors (Lipinski definition) is 4. The number of carbonyl (C=O) groups is 1. The average Bonchev–Trinajstić information content (AvgIpc) is 2.40. The molecule has 0 aromatic heterocycles. The van der Waals surface area contributed by atoms with E-state index in [4.69, 9.17) is 0 Å². The van der Waals surface area contributed by atoms with Gasteiger partial charge in [0.25, 0.3) is 0 Å². The van der Waals surface area contributed by atoms with Crippen LogP contribution in [0.25, 0.3) is 0 Å². The molecule has 18 heavy (non-hydrogen) atoms. The second-order valence-electron chi connectivity index (χ2n) is 4.73. The van der Waals surface area contributed by atoms with Gasteiger partial charge in [0.2, 0.25) is 5.91 Å². The molecule has 0 aliphatic carbocycles. The lowest BCUT2D eigenvalue weighted by Gasteiger charge is -2.31. The van der Waals surface area contributed by atoms with Crippen LogP contribution >= 0.6 is 11.8 Å². The van der Waals surface area contributed by atoms with E-state index in [1.54, 1.807) is 7.05 Å². The minimum Gasteiger partial charge on any atom is -0.358 e. The maximum Gasteiger partial charge on any atom is 0.233 e. The van der Waals surface area contributed by atoms with E-state index in [0.717, 1.165) is 32.5 Å². The Morgan fingerprint density at radius 3 is 2.72 bits per heavy atom. The first kappa shape index (κ1) is 15.8. The number of carbonyl (C=O) groups excluding carboxylic acids is 1. The van der Waals surface area contributed by atoms with E-state index in [1.807, 2.05) is 11.8 Å². The van der Waals surface area contributed by atoms with Crippen LogP contribution in [-0.2, 0) is 4.79 Å². The van der Waals surface area contributed by atoms with Gasteiger partial charge in [0, 0.05) is 26.2 Å². The van der Waals surface area contributed by atoms with Crippen LogP contribution in [0.2, 0.25) is 0 Å². The molecule has 4 nitrogen and oxygen atoms in total. The van der Waals surface area contributed by atoms with E-state index in [0.29, 0.717) is 12.6 Å². The van der Waals surface area contributed by atoms with Crippen LogP contribution in [0.15, 0.2) is 0 Å². The molecule has 1 amide bonds. The maximum absolute atomic E-state index is 11.3. The molecule has 0 saturated carbocycles. The number of likely N-dealkylation sites (N-methyl/N-ethyl adjacent to an activating group) is 1. The quantitative estimate of drug-likeness (QED) is 0.646. The standard InChI is InChI=1S/C13H27N3OS/c1-3-18-10-4-7-15-12-5-8-16(9-6-12)11-13(17)14-2/h12,15H,3-11H2,1-2H3,(H,14,17). The van der Waals surface area contributed by atoms with Gasteiger partial charge in [0.05, 0.1) is 6.54 Å². The van der Waals surface area contributed by atoms with Gasteiger partial charge in [-0.2, -0.15) is 11.8 Å². The fourth-order valence-electron chi connectivity index (χ4n) is 2.20. The number of thioether (sulfide) groups is 1. The van der Waals surface area contributed by atoms with Crippen LogP contribution in [0.3, 0.4) is 0 Å². The number of nitrogens with one attached hydrogen (secondary N) is 2. The summed E-state index contributed by atoms with van der Waals surface area (Å²) in [7, 11) is 1.70. The average molecular weight is 273 g/mol. The summed E-state index contributed by atoms with van der Waals surface area (Å²) in [6.45, 7) is 5.97. The van der Waals surface area contributed by atoms with E-state index >= 15 is 0 Å². The number of piperidine rings is 1. The van der Waals surface area contributed by atoms with Crippen LogP contribution in [0.4, 0.5) is 0 Å². The molecule has 2 N–H and O–H groups in total. The molecule has 1 aliphatic rings. The van der Waals surface area contributed by atoms with E-state index in [9.17, 15) is 4.79 Å². The molecule has 0 atom stereocenters. The second kappa shape index (κ2) is 9.64. The van der Waals surface area contributed by atoms with Crippen molar-refractivity contribution in [3.8, 4) is 0 Å². The van der Waals surface area contributed by atoms with Crippen molar-refractivity contribution in [3.63, 3.8) is 0 Å². The number of amides is 1. The molecule has 1 rings (SSSR count). The lowest BCUT2D eigenvalue weighted by atomic mass is 10.1. The zero-order valence-corrected chi connectivity index (χ0v) is 12.5. The summed E-state index contributed by atoms with van der Waals surface area (Å²) in [5, 5.41) is 6.31. The zero-order valence-electron chi connectivity index (χ0n) is 11.7. The van der Waals surface area contributed by atoms with Gasteiger partial charge in [-0.3, -0.25) is 9.69 Å². The Bertz CT molecular complexity index is 230. The highest BCUT2D eigenvalue weighted by Gasteiger charge is 2.19. The molecule has 1 fully saturated rings. The van der Waals surface area contributed by atoms with Crippen molar-refractivity contribution in [2.24, 2.45) is 0 Å². The van der Waals surface area contributed by atoms with Crippen molar-refractivity contribution in [1.82, 2.24) is 15.5 Å². The summed E-state index contributed by atoms with van der Waals surface area (Å²) in [4.78, 5) is 13.5. The first-order valence-corrected chi connectivity index (χ1v) is 8.15. The lowest BCUT2D eigenvalue weighted by Crippen LogP contribution is -2.45. The molecule has 0 spiro atoms. The zero-order chi connectivity index (χ0) is 13.2. The minimum absolute atomic E-state index is 0.123. The molecule has 106 valence electrons. The van der Waals surface area contributed by atoms with E-state index < -0.39 is 0 Å². The summed E-state index contributed by atoms with van der Waals surface area (Å²) in [5.74, 6) is 2.61. The third-order valence-electron chi connectivity index (χ3n) is 3.34. The molecule has 1 saturated heterocycles. The van der Waals surface area contributed by atoms with Crippen molar-refractivity contribution in [1.29, 1.82) is 0 Å². The molecular weight excluding hydrogens is 246 g/mol. The topological polar surface area (TPSA) is 44.4 Å². The predicted octanol–water partition coefficient (Wildman–Crippen LogP) is 0.930. The van der Waals surface area contributed by atoms with Crippen molar-refractivity contribution in [3.05, 3.63) is 0 Å². The molecular formula is C13H27N3OS. The summed E-state index contributed by atoms with van der Waals surface area (Å²) in [6, 6.07) is 0.651. The highest BCUT2D eigenvalue weighted by atomic mass is 32.2. The fourth-order valence-corrected chi connectivity index (χ4v) is 2.84. The van der Waals surface area contributed by atoms with Crippen LogP contribution in [0.1, 0.15) is 26.2 Å². The van der Waals surface area contributed by atoms with Gasteiger partial charge in [-0.1, -0.05) is 6.92 Å². The molecule has 1 aliphatic heterocycles. The predicted molar refractivity (Wildman–Crippen MR) is 79.1 cm³/mol. The van der Waals surface area contributed by atoms with Gasteiger partial charge in [0.15, 0.2) is 0 Å². The fraction of sp³-hybridized carbons (Fsp3) is 0.923. The van der Waals surface area contributed by atoms with E-state index in [1.165, 1.54) is 17.9 Å². The Labute approximate surface area is 115 Å². The lowest BCUT2D eigenvalue weighted by molar-refractivity contribution is -0.122. The molecule has 0 aromatic rings. The van der Waals surface area contributed by atoms with Crippen LogP contribution in [-0.4, -0.2) is 61.6 Å². The van der Waals surface area contributed by atoms with Crippen LogP contribution < -0.4 is 10.6 Å². The van der Waals surface area contributed by atoms with Crippen LogP contribution in [0, 0.1) is 0 Å². The summed E-state index contributed by atoms with van der Waals surface area (Å²) in [6.07, 6.45) is 3.59. The van der Waals surface area contributed by atoms with Gasteiger partial charge in [0.1, 0.15) is 0 Å². The third kappa shape index (κ3) is 6.61. The second-order valence-corrected chi connectivity index (χ2v) is 6.12. The Kier molecular flexibility index (Phi) is 8.46. The molecule has 5 heteroatoms. The Morgan fingerprint density at radius 1 is 1.39 bits per heavy atom. The van der Waals surface area contributed by atoms with Crippen LogP contribution in [0.5, 0.6) is 0 Å². The Morgan fingerprint density at radius 2 is 2.11 bits per heavy atom. The first-order valence-electron chi connectivity index (χ1n) is 7.00. The molecule has 0 radical (unpaired) electrons. The van der Waals surface area contributed by atoms with Crippen molar-refractivity contribution >= 4 is 17.7 Å². The molecule has 0 bridgehead atoms. The minimum atomic E-state index is 0.123. The monoisotopic (exact) mass is 273 g/mol. The first-order chi connectivity index (χ1) is 8.76. The Balaban J connectivity index is 2.03. The maximum atomic E-state index is 11.3. The van der Waals surface area contributed by atoms with Gasteiger partial charge >= 0.3 is 0 Å². The summed E-state index contributed by atoms with van der Waals surface area (Å²) in [5.41, 5.74) is 0. The van der Waals surface area contributed by atoms with Gasteiger partial charge in [-0.05, 0) is 37.3 Å². The highest BCUT2D eigenvalue weighted by molar-refractivity contribution is 7.99. The van der Waals surface area contributed by atoms with E-state index in [-0.39, 0.29) is 5.91 Å². The van der Waals surface area contributed by atoms with Gasteiger partial charge < -0.3 is 10.6 Å². The van der Waals surface area contributed by atoms with Gasteiger partial charge in [-0.25, -0.2) is 0 Å². The number of likely N-dealkylation sites (tertiary alicyclic amines) is 1. The summed E-state index contributed by atoms with van der Waals surface area (Å²) >= 11 is 2.01. The molecule has 0 aromatic carbocycles. The van der Waals surface area contributed by atoms with Crippen molar-refractivity contribution < 1.29 is 4.79 Å². The molecule has 1 heterocycles. The normalized spacial score (nSPS) is 17.9. The SMILES string of the molecule is CCSCCCNC1CCN(CC(=O)NC)CC1. The smallest absolute Gasteiger partial charge is 0.233 e. The number of nitrogens with zero attached hydrogens (tertiary/aromatic N) is 1. The largest absolute Gasteiger partial charge is 0.358 e. The van der Waals surface area contributed by atoms with Gasteiger partial charge in [-0.15, -0.1) is 0 Å². The Hall–Kier alpha value is -0.260. The summed E-state index contributed by atoms with van der Waals surface area (Å²) < 4.78 is 0. The molecule has 0 unspecified atom stereocenters. The van der Waals surface area contributed by atoms with Crippen molar-refractivity contribution in [2.75, 3.05) is 44.7 Å².